The van der Waals surface area contributed by atoms with E-state index in [-0.39, 0.29) is 5.56 Å². The van der Waals surface area contributed by atoms with Crippen molar-refractivity contribution in [3.05, 3.63) is 86.5 Å². The Morgan fingerprint density at radius 1 is 1.23 bits per heavy atom. The van der Waals surface area contributed by atoms with Crippen molar-refractivity contribution < 1.29 is 9.53 Å². The van der Waals surface area contributed by atoms with Gasteiger partial charge in [-0.05, 0) is 67.8 Å². The van der Waals surface area contributed by atoms with E-state index in [4.69, 9.17) is 16.3 Å². The van der Waals surface area contributed by atoms with Crippen LogP contribution in [-0.4, -0.2) is 21.1 Å². The number of benzene rings is 1. The molecule has 0 aliphatic carbocycles. The Balaban J connectivity index is 2.01. The van der Waals surface area contributed by atoms with Gasteiger partial charge in [0, 0.05) is 40.6 Å². The second-order valence-electron chi connectivity index (χ2n) is 7.90. The van der Waals surface area contributed by atoms with Gasteiger partial charge in [0.15, 0.2) is 0 Å². The molecule has 7 heteroatoms. The van der Waals surface area contributed by atoms with Crippen molar-refractivity contribution in [3.63, 3.8) is 0 Å². The molecule has 0 N–H and O–H groups in total. The topological polar surface area (TPSA) is 61.2 Å². The van der Waals surface area contributed by atoms with Crippen molar-refractivity contribution in [2.24, 2.45) is 0 Å². The van der Waals surface area contributed by atoms with Crippen LogP contribution in [0.2, 0.25) is 5.02 Å². The van der Waals surface area contributed by atoms with Crippen molar-refractivity contribution in [2.45, 2.75) is 38.8 Å². The normalized spacial score (nSPS) is 12.4. The molecular formula is C23H22BrClN2O3. The highest BCUT2D eigenvalue weighted by atomic mass is 79.9. The van der Waals surface area contributed by atoms with E-state index in [0.717, 1.165) is 15.6 Å². The first-order valence-electron chi connectivity index (χ1n) is 9.43. The molecule has 1 atom stereocenters. The second kappa shape index (κ2) is 9.14. The number of hydrogen-bond donors (Lipinski definition) is 0. The van der Waals surface area contributed by atoms with Crippen molar-refractivity contribution in [1.29, 1.82) is 0 Å². The lowest BCUT2D eigenvalue weighted by Gasteiger charge is -2.25. The van der Waals surface area contributed by atoms with Gasteiger partial charge in [-0.1, -0.05) is 33.6 Å². The third-order valence-corrected chi connectivity index (χ3v) is 5.28. The molecule has 5 nitrogen and oxygen atoms in total. The highest BCUT2D eigenvalue weighted by molar-refractivity contribution is 9.10. The average molecular weight is 490 g/mol. The molecule has 30 heavy (non-hydrogen) atoms. The number of halogens is 2. The quantitative estimate of drug-likeness (QED) is 0.447. The van der Waals surface area contributed by atoms with Gasteiger partial charge in [0.1, 0.15) is 11.6 Å². The minimum Gasteiger partial charge on any atom is -0.458 e. The van der Waals surface area contributed by atoms with Gasteiger partial charge in [-0.3, -0.25) is 9.78 Å². The van der Waals surface area contributed by atoms with E-state index in [1.807, 2.05) is 12.1 Å². The Morgan fingerprint density at radius 2 is 2.00 bits per heavy atom. The highest BCUT2D eigenvalue weighted by Gasteiger charge is 2.28. The van der Waals surface area contributed by atoms with Crippen LogP contribution in [-0.2, 0) is 16.0 Å². The summed E-state index contributed by atoms with van der Waals surface area (Å²) in [6.45, 7) is 5.40. The molecule has 0 fully saturated rings. The molecule has 2 aromatic heterocycles. The number of nitrogens with zero attached hydrogens (tertiary/aromatic N) is 2. The summed E-state index contributed by atoms with van der Waals surface area (Å²) in [5.74, 6) is -0.467. The number of esters is 1. The van der Waals surface area contributed by atoms with Crippen LogP contribution in [0.1, 0.15) is 32.4 Å². The molecule has 0 radical (unpaired) electrons. The molecule has 0 saturated heterocycles. The zero-order valence-corrected chi connectivity index (χ0v) is 19.3. The number of aromatic nitrogens is 2. The van der Waals surface area contributed by atoms with Crippen LogP contribution >= 0.6 is 27.5 Å². The summed E-state index contributed by atoms with van der Waals surface area (Å²) in [7, 11) is 0. The Labute approximate surface area is 188 Å². The minimum absolute atomic E-state index is 0.295. The summed E-state index contributed by atoms with van der Waals surface area (Å²) in [4.78, 5) is 30.0. The number of carbonyl (C=O) groups is 1. The number of hydrogen-bond acceptors (Lipinski definition) is 4. The first-order chi connectivity index (χ1) is 14.1. The lowest BCUT2D eigenvalue weighted by atomic mass is 10.0. The first-order valence-corrected chi connectivity index (χ1v) is 10.6. The van der Waals surface area contributed by atoms with Crippen molar-refractivity contribution >= 4 is 33.5 Å². The lowest BCUT2D eigenvalue weighted by Crippen LogP contribution is -2.35. The van der Waals surface area contributed by atoms with Crippen molar-refractivity contribution in [2.75, 3.05) is 0 Å². The molecule has 0 aliphatic rings. The van der Waals surface area contributed by atoms with Crippen LogP contribution in [0.5, 0.6) is 0 Å². The molecule has 0 spiro atoms. The Hall–Kier alpha value is -2.44. The molecule has 0 amide bonds. The number of ether oxygens (including phenoxy) is 1. The van der Waals surface area contributed by atoms with E-state index in [1.165, 1.54) is 10.6 Å². The summed E-state index contributed by atoms with van der Waals surface area (Å²) in [5.41, 5.74) is 1.36. The summed E-state index contributed by atoms with van der Waals surface area (Å²) in [6, 6.07) is 11.5. The Bertz CT molecular complexity index is 1110. The second-order valence-corrected chi connectivity index (χ2v) is 9.19. The minimum atomic E-state index is -0.808. The van der Waals surface area contributed by atoms with Gasteiger partial charge >= 0.3 is 5.97 Å². The molecule has 156 valence electrons. The molecule has 0 aliphatic heterocycles. The number of pyridine rings is 2. The first kappa shape index (κ1) is 22.2. The predicted molar refractivity (Wildman–Crippen MR) is 122 cm³/mol. The van der Waals surface area contributed by atoms with E-state index in [0.29, 0.717) is 17.0 Å². The fourth-order valence-electron chi connectivity index (χ4n) is 3.04. The van der Waals surface area contributed by atoms with Gasteiger partial charge in [-0.15, -0.1) is 0 Å². The van der Waals surface area contributed by atoms with Crippen LogP contribution < -0.4 is 5.56 Å². The van der Waals surface area contributed by atoms with Crippen LogP contribution in [0.15, 0.2) is 70.3 Å². The molecule has 3 aromatic rings. The highest BCUT2D eigenvalue weighted by Crippen LogP contribution is 2.30. The molecule has 1 unspecified atom stereocenters. The molecule has 3 rings (SSSR count). The summed E-state index contributed by atoms with van der Waals surface area (Å²) < 4.78 is 7.82. The standard InChI is InChI=1S/C23H22BrClN2O3/c1-23(2,3)30-22(29)20(11-15-5-4-9-26-14-15)27-10-8-16(12-21(27)28)18-13-17(25)6-7-19(18)24/h4-10,12-14,20H,11H2,1-3H3. The van der Waals surface area contributed by atoms with Gasteiger partial charge in [0.05, 0.1) is 0 Å². The maximum absolute atomic E-state index is 13.0. The Kier molecular flexibility index (Phi) is 6.78. The number of rotatable bonds is 5. The Morgan fingerprint density at radius 3 is 2.63 bits per heavy atom. The van der Waals surface area contributed by atoms with E-state index >= 15 is 0 Å². The molecular weight excluding hydrogens is 468 g/mol. The zero-order chi connectivity index (χ0) is 21.9. The third-order valence-electron chi connectivity index (χ3n) is 4.35. The van der Waals surface area contributed by atoms with Gasteiger partial charge in [-0.25, -0.2) is 4.79 Å². The largest absolute Gasteiger partial charge is 0.458 e. The number of carbonyl (C=O) groups excluding carboxylic acids is 1. The van der Waals surface area contributed by atoms with E-state index < -0.39 is 17.6 Å². The van der Waals surface area contributed by atoms with Gasteiger partial charge in [0.2, 0.25) is 0 Å². The molecule has 0 saturated carbocycles. The van der Waals surface area contributed by atoms with Crippen LogP contribution in [0.25, 0.3) is 11.1 Å². The monoisotopic (exact) mass is 488 g/mol. The molecule has 1 aromatic carbocycles. The zero-order valence-electron chi connectivity index (χ0n) is 16.9. The maximum Gasteiger partial charge on any atom is 0.330 e. The average Bonchev–Trinajstić information content (AvgIpc) is 2.68. The van der Waals surface area contributed by atoms with Crippen LogP contribution in [0.4, 0.5) is 0 Å². The summed E-state index contributed by atoms with van der Waals surface area (Å²) >= 11 is 9.60. The van der Waals surface area contributed by atoms with Crippen LogP contribution in [0.3, 0.4) is 0 Å². The van der Waals surface area contributed by atoms with Crippen LogP contribution in [0, 0.1) is 0 Å². The van der Waals surface area contributed by atoms with E-state index in [9.17, 15) is 9.59 Å². The maximum atomic E-state index is 13.0. The van der Waals surface area contributed by atoms with Gasteiger partial charge in [0.25, 0.3) is 5.56 Å². The summed E-state index contributed by atoms with van der Waals surface area (Å²) in [6.07, 6.45) is 5.26. The van der Waals surface area contributed by atoms with Crippen molar-refractivity contribution in [3.8, 4) is 11.1 Å². The lowest BCUT2D eigenvalue weighted by molar-refractivity contribution is -0.159. The fraction of sp³-hybridized carbons (Fsp3) is 0.261. The SMILES string of the molecule is CC(C)(C)OC(=O)C(Cc1cccnc1)n1ccc(-c2cc(Cl)ccc2Br)cc1=O. The predicted octanol–water partition coefficient (Wildman–Crippen LogP) is 5.45. The molecule has 0 bridgehead atoms. The smallest absolute Gasteiger partial charge is 0.330 e. The van der Waals surface area contributed by atoms with E-state index in [2.05, 4.69) is 20.9 Å². The summed E-state index contributed by atoms with van der Waals surface area (Å²) in [5, 5.41) is 0.570. The van der Waals surface area contributed by atoms with Gasteiger partial charge < -0.3 is 9.30 Å². The fourth-order valence-corrected chi connectivity index (χ4v) is 3.69. The molecule has 2 heterocycles. The van der Waals surface area contributed by atoms with Gasteiger partial charge in [-0.2, -0.15) is 0 Å². The van der Waals surface area contributed by atoms with E-state index in [1.54, 1.807) is 63.6 Å². The van der Waals surface area contributed by atoms with Crippen molar-refractivity contribution in [1.82, 2.24) is 9.55 Å². The third kappa shape index (κ3) is 5.58.